The molecule has 23 heavy (non-hydrogen) atoms. The molecule has 6 heteroatoms. The Hall–Kier alpha value is -1.40. The Morgan fingerprint density at radius 2 is 2.00 bits per heavy atom. The molecular weight excluding hydrogens is 360 g/mol. The highest BCUT2D eigenvalue weighted by atomic mass is 79.9. The smallest absolute Gasteiger partial charge is 0.251 e. The van der Waals surface area contributed by atoms with Gasteiger partial charge >= 0.3 is 0 Å². The van der Waals surface area contributed by atoms with E-state index in [1.807, 2.05) is 19.9 Å². The molecule has 0 unspecified atom stereocenters. The second kappa shape index (κ2) is 8.45. The number of hydrogen-bond acceptors (Lipinski definition) is 3. The van der Waals surface area contributed by atoms with Crippen LogP contribution < -0.4 is 5.32 Å². The molecule has 1 N–H and O–H groups in total. The van der Waals surface area contributed by atoms with Gasteiger partial charge in [0, 0.05) is 23.1 Å². The van der Waals surface area contributed by atoms with Crippen molar-refractivity contribution in [2.45, 2.75) is 26.3 Å². The van der Waals surface area contributed by atoms with E-state index in [-0.39, 0.29) is 11.8 Å². The highest BCUT2D eigenvalue weighted by Crippen LogP contribution is 2.14. The highest BCUT2D eigenvalue weighted by Gasteiger charge is 2.28. The molecule has 0 aliphatic carbocycles. The molecule has 1 aromatic rings. The number of morpholine rings is 1. The average Bonchev–Trinajstić information content (AvgIpc) is 2.54. The van der Waals surface area contributed by atoms with Gasteiger partial charge in [0.1, 0.15) is 6.04 Å². The summed E-state index contributed by atoms with van der Waals surface area (Å²) in [5, 5.41) is 2.90. The van der Waals surface area contributed by atoms with Crippen LogP contribution in [0.4, 0.5) is 0 Å². The SMILES string of the molecule is CC(C)C[C@H](NC(=O)c1cccc(Br)c1)C(=O)N1CCOCC1. The highest BCUT2D eigenvalue weighted by molar-refractivity contribution is 9.10. The monoisotopic (exact) mass is 382 g/mol. The van der Waals surface area contributed by atoms with E-state index in [1.54, 1.807) is 23.1 Å². The number of nitrogens with zero attached hydrogens (tertiary/aromatic N) is 1. The summed E-state index contributed by atoms with van der Waals surface area (Å²) in [6.45, 7) is 6.37. The molecule has 1 aliphatic heterocycles. The third kappa shape index (κ3) is 5.32. The lowest BCUT2D eigenvalue weighted by Gasteiger charge is -2.31. The van der Waals surface area contributed by atoms with Crippen LogP contribution in [0.1, 0.15) is 30.6 Å². The summed E-state index contributed by atoms with van der Waals surface area (Å²) in [4.78, 5) is 26.9. The first-order valence-electron chi connectivity index (χ1n) is 7.90. The lowest BCUT2D eigenvalue weighted by atomic mass is 10.0. The fraction of sp³-hybridized carbons (Fsp3) is 0.529. The molecule has 1 fully saturated rings. The van der Waals surface area contributed by atoms with Gasteiger partial charge in [0.25, 0.3) is 5.91 Å². The Labute approximate surface area is 145 Å². The van der Waals surface area contributed by atoms with Crippen molar-refractivity contribution >= 4 is 27.7 Å². The second-order valence-corrected chi connectivity index (χ2v) is 7.02. The molecule has 2 amide bonds. The van der Waals surface area contributed by atoms with Crippen molar-refractivity contribution in [1.82, 2.24) is 10.2 Å². The van der Waals surface area contributed by atoms with Gasteiger partial charge in [0.2, 0.25) is 5.91 Å². The summed E-state index contributed by atoms with van der Waals surface area (Å²) >= 11 is 3.36. The largest absolute Gasteiger partial charge is 0.378 e. The molecule has 1 atom stereocenters. The van der Waals surface area contributed by atoms with Gasteiger partial charge in [0.05, 0.1) is 13.2 Å². The van der Waals surface area contributed by atoms with E-state index in [0.29, 0.717) is 44.2 Å². The minimum Gasteiger partial charge on any atom is -0.378 e. The van der Waals surface area contributed by atoms with Crippen LogP contribution in [0.25, 0.3) is 0 Å². The van der Waals surface area contributed by atoms with Crippen LogP contribution in [0.3, 0.4) is 0 Å². The summed E-state index contributed by atoms with van der Waals surface area (Å²) in [6.07, 6.45) is 0.621. The maximum Gasteiger partial charge on any atom is 0.251 e. The molecule has 2 rings (SSSR count). The number of nitrogens with one attached hydrogen (secondary N) is 1. The molecule has 1 saturated heterocycles. The van der Waals surface area contributed by atoms with Gasteiger partial charge in [-0.2, -0.15) is 0 Å². The zero-order valence-electron chi connectivity index (χ0n) is 13.5. The van der Waals surface area contributed by atoms with Crippen LogP contribution in [0, 0.1) is 5.92 Å². The summed E-state index contributed by atoms with van der Waals surface area (Å²) < 4.78 is 6.13. The number of halogens is 1. The van der Waals surface area contributed by atoms with Crippen LogP contribution in [0.15, 0.2) is 28.7 Å². The standard InChI is InChI=1S/C17H23BrN2O3/c1-12(2)10-15(17(22)20-6-8-23-9-7-20)19-16(21)13-4-3-5-14(18)11-13/h3-5,11-12,15H,6-10H2,1-2H3,(H,19,21)/t15-/m0/s1. The second-order valence-electron chi connectivity index (χ2n) is 6.10. The number of amides is 2. The molecule has 1 aromatic carbocycles. The van der Waals surface area contributed by atoms with Crippen molar-refractivity contribution in [2.24, 2.45) is 5.92 Å². The molecule has 1 heterocycles. The minimum absolute atomic E-state index is 0.0228. The first-order chi connectivity index (χ1) is 11.0. The number of ether oxygens (including phenoxy) is 1. The van der Waals surface area contributed by atoms with Crippen molar-refractivity contribution < 1.29 is 14.3 Å². The number of rotatable bonds is 5. The van der Waals surface area contributed by atoms with Crippen LogP contribution in [-0.4, -0.2) is 49.1 Å². The van der Waals surface area contributed by atoms with Crippen LogP contribution in [0.5, 0.6) is 0 Å². The van der Waals surface area contributed by atoms with Gasteiger partial charge in [-0.15, -0.1) is 0 Å². The van der Waals surface area contributed by atoms with Gasteiger partial charge < -0.3 is 15.0 Å². The zero-order valence-corrected chi connectivity index (χ0v) is 15.1. The lowest BCUT2D eigenvalue weighted by molar-refractivity contribution is -0.137. The molecule has 5 nitrogen and oxygen atoms in total. The number of hydrogen-bond donors (Lipinski definition) is 1. The molecule has 126 valence electrons. The van der Waals surface area contributed by atoms with Gasteiger partial charge in [0.15, 0.2) is 0 Å². The fourth-order valence-corrected chi connectivity index (χ4v) is 2.97. The summed E-state index contributed by atoms with van der Waals surface area (Å²) in [5.74, 6) is 0.0664. The maximum absolute atomic E-state index is 12.7. The van der Waals surface area contributed by atoms with Crippen molar-refractivity contribution in [3.63, 3.8) is 0 Å². The van der Waals surface area contributed by atoms with E-state index >= 15 is 0 Å². The molecule has 0 bridgehead atoms. The van der Waals surface area contributed by atoms with Crippen LogP contribution in [-0.2, 0) is 9.53 Å². The predicted molar refractivity (Wildman–Crippen MR) is 92.3 cm³/mol. The van der Waals surface area contributed by atoms with Crippen molar-refractivity contribution in [3.8, 4) is 0 Å². The normalized spacial score (nSPS) is 16.3. The average molecular weight is 383 g/mol. The van der Waals surface area contributed by atoms with Gasteiger partial charge in [-0.25, -0.2) is 0 Å². The molecule has 1 aliphatic rings. The van der Waals surface area contributed by atoms with Crippen LogP contribution in [0.2, 0.25) is 0 Å². The Kier molecular flexibility index (Phi) is 6.59. The third-order valence-electron chi connectivity index (χ3n) is 3.72. The van der Waals surface area contributed by atoms with E-state index in [9.17, 15) is 9.59 Å². The van der Waals surface area contributed by atoms with E-state index in [1.165, 1.54) is 0 Å². The zero-order chi connectivity index (χ0) is 16.8. The Balaban J connectivity index is 2.08. The topological polar surface area (TPSA) is 58.6 Å². The summed E-state index contributed by atoms with van der Waals surface area (Å²) in [6, 6.07) is 6.66. The van der Waals surface area contributed by atoms with Crippen molar-refractivity contribution in [2.75, 3.05) is 26.3 Å². The lowest BCUT2D eigenvalue weighted by Crippen LogP contribution is -2.52. The fourth-order valence-electron chi connectivity index (χ4n) is 2.57. The summed E-state index contributed by atoms with van der Waals surface area (Å²) in [5.41, 5.74) is 0.544. The number of carbonyl (C=O) groups excluding carboxylic acids is 2. The molecule has 0 saturated carbocycles. The maximum atomic E-state index is 12.7. The Morgan fingerprint density at radius 3 is 2.61 bits per heavy atom. The van der Waals surface area contributed by atoms with E-state index in [0.717, 1.165) is 4.47 Å². The van der Waals surface area contributed by atoms with Gasteiger partial charge in [-0.05, 0) is 30.5 Å². The number of benzene rings is 1. The van der Waals surface area contributed by atoms with Gasteiger partial charge in [-0.1, -0.05) is 35.8 Å². The minimum atomic E-state index is -0.500. The van der Waals surface area contributed by atoms with Crippen molar-refractivity contribution in [3.05, 3.63) is 34.3 Å². The number of carbonyl (C=O) groups is 2. The molecule has 0 spiro atoms. The first kappa shape index (κ1) is 17.9. The molecule has 0 aromatic heterocycles. The Morgan fingerprint density at radius 1 is 1.30 bits per heavy atom. The van der Waals surface area contributed by atoms with Gasteiger partial charge in [-0.3, -0.25) is 9.59 Å². The van der Waals surface area contributed by atoms with E-state index < -0.39 is 6.04 Å². The Bertz CT molecular complexity index is 557. The predicted octanol–water partition coefficient (Wildman–Crippen LogP) is 2.45. The summed E-state index contributed by atoms with van der Waals surface area (Å²) in [7, 11) is 0. The van der Waals surface area contributed by atoms with E-state index in [4.69, 9.17) is 4.74 Å². The molecular formula is C17H23BrN2O3. The van der Waals surface area contributed by atoms with Crippen molar-refractivity contribution in [1.29, 1.82) is 0 Å². The molecule has 0 radical (unpaired) electrons. The first-order valence-corrected chi connectivity index (χ1v) is 8.69. The quantitative estimate of drug-likeness (QED) is 0.850. The third-order valence-corrected chi connectivity index (χ3v) is 4.21. The van der Waals surface area contributed by atoms with E-state index in [2.05, 4.69) is 21.2 Å². The van der Waals surface area contributed by atoms with Crippen LogP contribution >= 0.6 is 15.9 Å².